The number of nitrogens with one attached hydrogen (secondary N) is 2. The van der Waals surface area contributed by atoms with Crippen molar-refractivity contribution in [3.63, 3.8) is 0 Å². The van der Waals surface area contributed by atoms with Gasteiger partial charge in [-0.25, -0.2) is 0 Å². The van der Waals surface area contributed by atoms with Gasteiger partial charge in [0.05, 0.1) is 32.0 Å². The van der Waals surface area contributed by atoms with Crippen LogP contribution in [-0.2, 0) is 11.2 Å². The van der Waals surface area contributed by atoms with Gasteiger partial charge in [-0.1, -0.05) is 17.7 Å². The van der Waals surface area contributed by atoms with Crippen LogP contribution in [0.1, 0.15) is 43.1 Å². The first-order chi connectivity index (χ1) is 15.4. The highest BCUT2D eigenvalue weighted by molar-refractivity contribution is 6.32. The molecule has 0 fully saturated rings. The third-order valence-corrected chi connectivity index (χ3v) is 4.64. The van der Waals surface area contributed by atoms with Crippen LogP contribution in [0.4, 0.5) is 0 Å². The molecule has 0 unspecified atom stereocenters. The summed E-state index contributed by atoms with van der Waals surface area (Å²) in [6.45, 7) is 6.71. The van der Waals surface area contributed by atoms with Crippen molar-refractivity contribution in [2.45, 2.75) is 33.6 Å². The van der Waals surface area contributed by atoms with Crippen molar-refractivity contribution in [2.75, 3.05) is 26.9 Å². The van der Waals surface area contributed by atoms with E-state index >= 15 is 0 Å². The standard InChI is InChI=1S/C23H29ClN2O6/c1-5-30-19-13-16(14-20(31-6-2)22(19)32-7-3)23(28)26-25-21(27)11-9-15-8-10-18(29-4)17(24)12-15/h8,10,12-14H,5-7,9,11H2,1-4H3,(H,25,27)(H,26,28). The molecule has 0 aliphatic carbocycles. The van der Waals surface area contributed by atoms with E-state index in [4.69, 9.17) is 30.5 Å². The van der Waals surface area contributed by atoms with Crippen LogP contribution in [-0.4, -0.2) is 38.7 Å². The van der Waals surface area contributed by atoms with Crippen molar-refractivity contribution in [3.8, 4) is 23.0 Å². The van der Waals surface area contributed by atoms with Gasteiger partial charge in [0.1, 0.15) is 5.75 Å². The number of carbonyl (C=O) groups is 2. The predicted octanol–water partition coefficient (Wildman–Crippen LogP) is 3.94. The minimum absolute atomic E-state index is 0.167. The number of benzene rings is 2. The molecule has 2 rings (SSSR count). The summed E-state index contributed by atoms with van der Waals surface area (Å²) in [4.78, 5) is 24.8. The number of aryl methyl sites for hydroxylation is 1. The van der Waals surface area contributed by atoms with Crippen molar-refractivity contribution in [2.24, 2.45) is 0 Å². The van der Waals surface area contributed by atoms with Gasteiger partial charge in [-0.2, -0.15) is 0 Å². The molecule has 0 aromatic heterocycles. The number of rotatable bonds is 11. The van der Waals surface area contributed by atoms with Crippen molar-refractivity contribution < 1.29 is 28.5 Å². The van der Waals surface area contributed by atoms with Crippen molar-refractivity contribution in [1.82, 2.24) is 10.9 Å². The van der Waals surface area contributed by atoms with Crippen LogP contribution < -0.4 is 29.8 Å². The molecule has 0 aliphatic rings. The van der Waals surface area contributed by atoms with Gasteiger partial charge >= 0.3 is 0 Å². The lowest BCUT2D eigenvalue weighted by Gasteiger charge is -2.17. The average molecular weight is 465 g/mol. The lowest BCUT2D eigenvalue weighted by molar-refractivity contribution is -0.121. The maximum atomic E-state index is 12.6. The van der Waals surface area contributed by atoms with E-state index in [1.807, 2.05) is 26.8 Å². The van der Waals surface area contributed by atoms with E-state index in [1.54, 1.807) is 24.3 Å². The molecule has 9 heteroatoms. The fourth-order valence-corrected chi connectivity index (χ4v) is 3.18. The molecule has 0 atom stereocenters. The first-order valence-electron chi connectivity index (χ1n) is 10.4. The molecule has 0 aliphatic heterocycles. The van der Waals surface area contributed by atoms with Gasteiger partial charge < -0.3 is 18.9 Å². The molecule has 0 saturated heterocycles. The maximum Gasteiger partial charge on any atom is 0.269 e. The molecule has 32 heavy (non-hydrogen) atoms. The van der Waals surface area contributed by atoms with E-state index in [1.165, 1.54) is 7.11 Å². The molecule has 2 aromatic rings. The molecule has 2 amide bonds. The molecular formula is C23H29ClN2O6. The number of hydrogen-bond donors (Lipinski definition) is 2. The molecule has 0 spiro atoms. The predicted molar refractivity (Wildman–Crippen MR) is 122 cm³/mol. The average Bonchev–Trinajstić information content (AvgIpc) is 2.78. The topological polar surface area (TPSA) is 95.1 Å². The van der Waals surface area contributed by atoms with E-state index in [-0.39, 0.29) is 17.9 Å². The first-order valence-corrected chi connectivity index (χ1v) is 10.8. The number of hydrazine groups is 1. The zero-order chi connectivity index (χ0) is 23.5. The molecule has 0 bridgehead atoms. The summed E-state index contributed by atoms with van der Waals surface area (Å²) in [5.41, 5.74) is 5.99. The number of hydrogen-bond acceptors (Lipinski definition) is 6. The highest BCUT2D eigenvalue weighted by atomic mass is 35.5. The summed E-state index contributed by atoms with van der Waals surface area (Å²) < 4.78 is 22.0. The third kappa shape index (κ3) is 6.95. The van der Waals surface area contributed by atoms with E-state index in [2.05, 4.69) is 10.9 Å². The minimum atomic E-state index is -0.504. The van der Waals surface area contributed by atoms with Crippen LogP contribution in [0.15, 0.2) is 30.3 Å². The van der Waals surface area contributed by atoms with Crippen molar-refractivity contribution in [3.05, 3.63) is 46.5 Å². The van der Waals surface area contributed by atoms with Gasteiger partial charge in [0, 0.05) is 12.0 Å². The Morgan fingerprint density at radius 3 is 2.03 bits per heavy atom. The largest absolute Gasteiger partial charge is 0.495 e. The summed E-state index contributed by atoms with van der Waals surface area (Å²) in [6, 6.07) is 8.43. The fourth-order valence-electron chi connectivity index (χ4n) is 2.90. The molecule has 0 heterocycles. The lowest BCUT2D eigenvalue weighted by Crippen LogP contribution is -2.41. The Labute approximate surface area is 193 Å². The van der Waals surface area contributed by atoms with Crippen LogP contribution in [0.5, 0.6) is 23.0 Å². The second-order valence-corrected chi connectivity index (χ2v) is 6.98. The molecule has 8 nitrogen and oxygen atoms in total. The quantitative estimate of drug-likeness (QED) is 0.489. The highest BCUT2D eigenvalue weighted by Crippen LogP contribution is 2.39. The van der Waals surface area contributed by atoms with E-state index in [0.29, 0.717) is 54.3 Å². The van der Waals surface area contributed by atoms with Crippen LogP contribution in [0.3, 0.4) is 0 Å². The monoisotopic (exact) mass is 464 g/mol. The minimum Gasteiger partial charge on any atom is -0.495 e. The van der Waals surface area contributed by atoms with Crippen LogP contribution in [0.25, 0.3) is 0 Å². The Bertz CT molecular complexity index is 908. The molecule has 2 N–H and O–H groups in total. The summed E-state index contributed by atoms with van der Waals surface area (Å²) in [5.74, 6) is 0.957. The normalized spacial score (nSPS) is 10.3. The summed E-state index contributed by atoms with van der Waals surface area (Å²) in [5, 5.41) is 0.476. The van der Waals surface area contributed by atoms with Gasteiger partial charge in [0.15, 0.2) is 11.5 Å². The Morgan fingerprint density at radius 1 is 0.875 bits per heavy atom. The number of halogens is 1. The van der Waals surface area contributed by atoms with Gasteiger partial charge in [-0.15, -0.1) is 0 Å². The lowest BCUT2D eigenvalue weighted by atomic mass is 10.1. The Balaban J connectivity index is 2.01. The Hall–Kier alpha value is -3.13. The van der Waals surface area contributed by atoms with E-state index < -0.39 is 5.91 Å². The number of amides is 2. The summed E-state index contributed by atoms with van der Waals surface area (Å²) in [6.07, 6.45) is 0.623. The van der Waals surface area contributed by atoms with Crippen LogP contribution >= 0.6 is 11.6 Å². The van der Waals surface area contributed by atoms with Crippen molar-refractivity contribution in [1.29, 1.82) is 0 Å². The highest BCUT2D eigenvalue weighted by Gasteiger charge is 2.18. The number of ether oxygens (including phenoxy) is 4. The van der Waals surface area contributed by atoms with E-state index in [0.717, 1.165) is 5.56 Å². The zero-order valence-corrected chi connectivity index (χ0v) is 19.5. The second-order valence-electron chi connectivity index (χ2n) is 6.57. The van der Waals surface area contributed by atoms with Crippen molar-refractivity contribution >= 4 is 23.4 Å². The van der Waals surface area contributed by atoms with Crippen LogP contribution in [0.2, 0.25) is 5.02 Å². The molecule has 0 radical (unpaired) electrons. The van der Waals surface area contributed by atoms with Gasteiger partial charge in [0.25, 0.3) is 5.91 Å². The molecular weight excluding hydrogens is 436 g/mol. The SMILES string of the molecule is CCOc1cc(C(=O)NNC(=O)CCc2ccc(OC)c(Cl)c2)cc(OCC)c1OCC. The van der Waals surface area contributed by atoms with Gasteiger partial charge in [0.2, 0.25) is 11.7 Å². The number of carbonyl (C=O) groups excluding carboxylic acids is 2. The first kappa shape index (κ1) is 25.1. The van der Waals surface area contributed by atoms with Gasteiger partial charge in [-0.3, -0.25) is 20.4 Å². The van der Waals surface area contributed by atoms with Crippen LogP contribution in [0, 0.1) is 0 Å². The maximum absolute atomic E-state index is 12.6. The third-order valence-electron chi connectivity index (χ3n) is 4.34. The molecule has 174 valence electrons. The van der Waals surface area contributed by atoms with E-state index in [9.17, 15) is 9.59 Å². The second kappa shape index (κ2) is 12.7. The Morgan fingerprint density at radius 2 is 1.50 bits per heavy atom. The Kier molecular flexibility index (Phi) is 9.94. The fraction of sp³-hybridized carbons (Fsp3) is 0.391. The zero-order valence-electron chi connectivity index (χ0n) is 18.7. The number of methoxy groups -OCH3 is 1. The smallest absolute Gasteiger partial charge is 0.269 e. The summed E-state index contributed by atoms with van der Waals surface area (Å²) in [7, 11) is 1.54. The summed E-state index contributed by atoms with van der Waals surface area (Å²) >= 11 is 6.10. The molecule has 2 aromatic carbocycles. The van der Waals surface area contributed by atoms with Gasteiger partial charge in [-0.05, 0) is 57.0 Å². The molecule has 0 saturated carbocycles.